The molecule has 0 aliphatic rings. The molecule has 0 radical (unpaired) electrons. The summed E-state index contributed by atoms with van der Waals surface area (Å²) in [4.78, 5) is 10.8. The molecule has 2 heterocycles. The minimum Gasteiger partial charge on any atom is -0.374 e. The number of hydrogen-bond donors (Lipinski definition) is 1. The lowest BCUT2D eigenvalue weighted by Crippen LogP contribution is -2.23. The van der Waals surface area contributed by atoms with Crippen LogP contribution in [0.15, 0.2) is 42.9 Å². The molecule has 19 heavy (non-hydrogen) atoms. The smallest absolute Gasteiger partial charge is 0.0440 e. The van der Waals surface area contributed by atoms with Gasteiger partial charge in [0.15, 0.2) is 0 Å². The molecule has 2 aromatic heterocycles. The van der Waals surface area contributed by atoms with Crippen molar-refractivity contribution < 1.29 is 0 Å². The summed E-state index contributed by atoms with van der Waals surface area (Å²) in [7, 11) is 4.06. The molecule has 0 spiro atoms. The fraction of sp³-hybridized carbons (Fsp3) is 0.333. The SMILES string of the molecule is CNCc1cnccc1N(C)CCc1ccccn1. The van der Waals surface area contributed by atoms with Gasteiger partial charge >= 0.3 is 0 Å². The maximum Gasteiger partial charge on any atom is 0.0440 e. The second-order valence-electron chi connectivity index (χ2n) is 4.53. The van der Waals surface area contributed by atoms with Crippen LogP contribution in [0.4, 0.5) is 5.69 Å². The van der Waals surface area contributed by atoms with Crippen molar-refractivity contribution in [2.24, 2.45) is 0 Å². The standard InChI is InChI=1S/C15H20N4/c1-16-11-13-12-17-9-6-15(13)19(2)10-7-14-5-3-4-8-18-14/h3-6,8-9,12,16H,7,10-11H2,1-2H3. The second-order valence-corrected chi connectivity index (χ2v) is 4.53. The Morgan fingerprint density at radius 1 is 1.21 bits per heavy atom. The van der Waals surface area contributed by atoms with Crippen molar-refractivity contribution in [3.63, 3.8) is 0 Å². The van der Waals surface area contributed by atoms with Crippen LogP contribution in [0.3, 0.4) is 0 Å². The molecule has 0 amide bonds. The van der Waals surface area contributed by atoms with Gasteiger partial charge < -0.3 is 10.2 Å². The quantitative estimate of drug-likeness (QED) is 0.856. The largest absolute Gasteiger partial charge is 0.374 e. The number of pyridine rings is 2. The summed E-state index contributed by atoms with van der Waals surface area (Å²) in [6.07, 6.45) is 6.54. The van der Waals surface area contributed by atoms with E-state index in [0.717, 1.165) is 25.2 Å². The molecule has 0 bridgehead atoms. The van der Waals surface area contributed by atoms with Crippen LogP contribution in [0.2, 0.25) is 0 Å². The zero-order valence-corrected chi connectivity index (χ0v) is 11.5. The number of likely N-dealkylation sites (N-methyl/N-ethyl adjacent to an activating group) is 1. The highest BCUT2D eigenvalue weighted by atomic mass is 15.1. The van der Waals surface area contributed by atoms with Crippen LogP contribution in [0, 0.1) is 0 Å². The lowest BCUT2D eigenvalue weighted by molar-refractivity contribution is 0.793. The van der Waals surface area contributed by atoms with Crippen LogP contribution in [-0.2, 0) is 13.0 Å². The van der Waals surface area contributed by atoms with Crippen LogP contribution >= 0.6 is 0 Å². The predicted octanol–water partition coefficient (Wildman–Crippen LogP) is 1.87. The van der Waals surface area contributed by atoms with Gasteiger partial charge in [0, 0.05) is 62.1 Å². The first-order valence-electron chi connectivity index (χ1n) is 6.50. The minimum atomic E-state index is 0.830. The number of hydrogen-bond acceptors (Lipinski definition) is 4. The molecule has 4 heteroatoms. The zero-order chi connectivity index (χ0) is 13.5. The van der Waals surface area contributed by atoms with Gasteiger partial charge in [-0.25, -0.2) is 0 Å². The van der Waals surface area contributed by atoms with Gasteiger partial charge in [-0.2, -0.15) is 0 Å². The van der Waals surface area contributed by atoms with Crippen LogP contribution in [-0.4, -0.2) is 30.6 Å². The molecule has 0 aliphatic heterocycles. The van der Waals surface area contributed by atoms with E-state index in [2.05, 4.69) is 39.4 Å². The third-order valence-electron chi connectivity index (χ3n) is 3.09. The van der Waals surface area contributed by atoms with E-state index in [-0.39, 0.29) is 0 Å². The molecule has 0 unspecified atom stereocenters. The van der Waals surface area contributed by atoms with E-state index in [1.54, 1.807) is 0 Å². The molecule has 0 aromatic carbocycles. The van der Waals surface area contributed by atoms with Crippen molar-refractivity contribution in [2.45, 2.75) is 13.0 Å². The molecule has 0 saturated heterocycles. The first kappa shape index (κ1) is 13.5. The second kappa shape index (κ2) is 6.85. The Hall–Kier alpha value is -1.94. The number of anilines is 1. The summed E-state index contributed by atoms with van der Waals surface area (Å²) in [6.45, 7) is 1.77. The third-order valence-corrected chi connectivity index (χ3v) is 3.09. The molecule has 0 atom stereocenters. The number of aromatic nitrogens is 2. The molecule has 0 fully saturated rings. The Bertz CT molecular complexity index is 499. The van der Waals surface area contributed by atoms with Gasteiger partial charge in [-0.15, -0.1) is 0 Å². The van der Waals surface area contributed by atoms with E-state index in [9.17, 15) is 0 Å². The molecule has 2 aromatic rings. The van der Waals surface area contributed by atoms with Crippen molar-refractivity contribution in [1.82, 2.24) is 15.3 Å². The maximum atomic E-state index is 4.35. The number of rotatable bonds is 6. The Morgan fingerprint density at radius 2 is 2.11 bits per heavy atom. The number of nitrogens with one attached hydrogen (secondary N) is 1. The monoisotopic (exact) mass is 256 g/mol. The Labute approximate surface area is 114 Å². The van der Waals surface area contributed by atoms with E-state index < -0.39 is 0 Å². The molecule has 100 valence electrons. The van der Waals surface area contributed by atoms with Gasteiger partial charge in [0.1, 0.15) is 0 Å². The van der Waals surface area contributed by atoms with Gasteiger partial charge in [-0.05, 0) is 25.2 Å². The van der Waals surface area contributed by atoms with Gasteiger partial charge in [-0.1, -0.05) is 6.07 Å². The highest BCUT2D eigenvalue weighted by Crippen LogP contribution is 2.17. The number of nitrogens with zero attached hydrogens (tertiary/aromatic N) is 3. The highest BCUT2D eigenvalue weighted by molar-refractivity contribution is 5.51. The Kier molecular flexibility index (Phi) is 4.86. The Morgan fingerprint density at radius 3 is 2.84 bits per heavy atom. The zero-order valence-electron chi connectivity index (χ0n) is 11.5. The van der Waals surface area contributed by atoms with Crippen molar-refractivity contribution >= 4 is 5.69 Å². The van der Waals surface area contributed by atoms with Crippen LogP contribution in [0.5, 0.6) is 0 Å². The minimum absolute atomic E-state index is 0.830. The molecular formula is C15H20N4. The van der Waals surface area contributed by atoms with Gasteiger partial charge in [0.2, 0.25) is 0 Å². The summed E-state index contributed by atoms with van der Waals surface area (Å²) in [6, 6.07) is 8.10. The molecule has 1 N–H and O–H groups in total. The van der Waals surface area contributed by atoms with Gasteiger partial charge in [0.05, 0.1) is 0 Å². The molecule has 0 aliphatic carbocycles. The van der Waals surface area contributed by atoms with Gasteiger partial charge in [-0.3, -0.25) is 9.97 Å². The van der Waals surface area contributed by atoms with E-state index in [1.165, 1.54) is 11.3 Å². The van der Waals surface area contributed by atoms with E-state index in [1.807, 2.05) is 37.8 Å². The molecular weight excluding hydrogens is 236 g/mol. The van der Waals surface area contributed by atoms with Crippen molar-refractivity contribution in [1.29, 1.82) is 0 Å². The summed E-state index contributed by atoms with van der Waals surface area (Å²) < 4.78 is 0. The fourth-order valence-corrected chi connectivity index (χ4v) is 2.07. The van der Waals surface area contributed by atoms with Crippen molar-refractivity contribution in [2.75, 3.05) is 25.5 Å². The Balaban J connectivity index is 2.01. The molecule has 4 nitrogen and oxygen atoms in total. The third kappa shape index (κ3) is 3.76. The molecule has 0 saturated carbocycles. The summed E-state index contributed by atoms with van der Waals surface area (Å²) in [5.74, 6) is 0. The van der Waals surface area contributed by atoms with Crippen molar-refractivity contribution in [3.8, 4) is 0 Å². The van der Waals surface area contributed by atoms with Crippen LogP contribution < -0.4 is 10.2 Å². The van der Waals surface area contributed by atoms with Gasteiger partial charge in [0.25, 0.3) is 0 Å². The average Bonchev–Trinajstić information content (AvgIpc) is 2.47. The van der Waals surface area contributed by atoms with Crippen LogP contribution in [0.25, 0.3) is 0 Å². The lowest BCUT2D eigenvalue weighted by atomic mass is 10.2. The normalized spacial score (nSPS) is 10.4. The fourth-order valence-electron chi connectivity index (χ4n) is 2.07. The lowest BCUT2D eigenvalue weighted by Gasteiger charge is -2.22. The van der Waals surface area contributed by atoms with Crippen molar-refractivity contribution in [3.05, 3.63) is 54.1 Å². The van der Waals surface area contributed by atoms with E-state index in [0.29, 0.717) is 0 Å². The first-order chi connectivity index (χ1) is 9.31. The summed E-state index contributed by atoms with van der Waals surface area (Å²) in [5, 5.41) is 3.17. The summed E-state index contributed by atoms with van der Waals surface area (Å²) in [5.41, 5.74) is 3.56. The molecule has 2 rings (SSSR count). The topological polar surface area (TPSA) is 41.1 Å². The predicted molar refractivity (Wildman–Crippen MR) is 78.2 cm³/mol. The maximum absolute atomic E-state index is 4.35. The first-order valence-corrected chi connectivity index (χ1v) is 6.50. The van der Waals surface area contributed by atoms with E-state index >= 15 is 0 Å². The average molecular weight is 256 g/mol. The highest BCUT2D eigenvalue weighted by Gasteiger charge is 2.07. The van der Waals surface area contributed by atoms with E-state index in [4.69, 9.17) is 0 Å². The summed E-state index contributed by atoms with van der Waals surface area (Å²) >= 11 is 0. The van der Waals surface area contributed by atoms with Crippen LogP contribution in [0.1, 0.15) is 11.3 Å².